The number of carbonyl (C=O) groups is 1. The van der Waals surface area contributed by atoms with Gasteiger partial charge in [-0.1, -0.05) is 17.7 Å². The second-order valence-electron chi connectivity index (χ2n) is 3.76. The Bertz CT molecular complexity index is 583. The van der Waals surface area contributed by atoms with E-state index in [9.17, 15) is 4.79 Å². The predicted molar refractivity (Wildman–Crippen MR) is 70.6 cm³/mol. The van der Waals surface area contributed by atoms with Crippen LogP contribution in [0.25, 0.3) is 0 Å². The van der Waals surface area contributed by atoms with E-state index in [0.717, 1.165) is 5.56 Å². The topological polar surface area (TPSA) is 80.9 Å². The van der Waals surface area contributed by atoms with Crippen LogP contribution in [0.2, 0.25) is 5.02 Å². The molecule has 1 heterocycles. The summed E-state index contributed by atoms with van der Waals surface area (Å²) in [6.07, 6.45) is 2.64. The summed E-state index contributed by atoms with van der Waals surface area (Å²) < 4.78 is 0. The number of hydrogen-bond donors (Lipinski definition) is 2. The average molecular weight is 263 g/mol. The smallest absolute Gasteiger partial charge is 0.275 e. The summed E-state index contributed by atoms with van der Waals surface area (Å²) in [5.74, 6) is -0.116. The van der Waals surface area contributed by atoms with E-state index in [1.54, 1.807) is 12.1 Å². The molecular formula is C12H11ClN4O. The molecule has 0 aliphatic carbocycles. The number of aryl methyl sites for hydroxylation is 1. The van der Waals surface area contributed by atoms with Crippen LogP contribution < -0.4 is 11.1 Å². The van der Waals surface area contributed by atoms with Crippen LogP contribution in [0.5, 0.6) is 0 Å². The zero-order chi connectivity index (χ0) is 13.1. The van der Waals surface area contributed by atoms with Crippen LogP contribution in [-0.2, 0) is 0 Å². The first-order valence-corrected chi connectivity index (χ1v) is 5.59. The number of nitrogens with two attached hydrogens (primary N) is 1. The van der Waals surface area contributed by atoms with Crippen molar-refractivity contribution in [1.82, 2.24) is 9.97 Å². The first-order valence-electron chi connectivity index (χ1n) is 5.21. The van der Waals surface area contributed by atoms with Crippen molar-refractivity contribution in [2.24, 2.45) is 0 Å². The van der Waals surface area contributed by atoms with Gasteiger partial charge in [-0.25, -0.2) is 9.97 Å². The number of nitrogens with zero attached hydrogens (tertiary/aromatic N) is 2. The molecule has 0 aliphatic heterocycles. The zero-order valence-electron chi connectivity index (χ0n) is 9.64. The largest absolute Gasteiger partial charge is 0.382 e. The van der Waals surface area contributed by atoms with Crippen molar-refractivity contribution >= 4 is 29.0 Å². The number of nitrogens with one attached hydrogen (secondary N) is 1. The average Bonchev–Trinajstić information content (AvgIpc) is 2.34. The minimum atomic E-state index is -0.380. The first kappa shape index (κ1) is 12.3. The standard InChI is InChI=1S/C12H11ClN4O/c1-7-2-3-8(13)9(4-7)17-12(18)10-5-16-11(14)6-15-10/h2-6H,1H3,(H2,14,16)(H,17,18). The van der Waals surface area contributed by atoms with Gasteiger partial charge in [0, 0.05) is 0 Å². The van der Waals surface area contributed by atoms with Crippen LogP contribution >= 0.6 is 11.6 Å². The van der Waals surface area contributed by atoms with E-state index in [1.165, 1.54) is 12.4 Å². The fraction of sp³-hybridized carbons (Fsp3) is 0.0833. The highest BCUT2D eigenvalue weighted by molar-refractivity contribution is 6.33. The van der Waals surface area contributed by atoms with Crippen LogP contribution in [0.3, 0.4) is 0 Å². The molecule has 0 aliphatic rings. The van der Waals surface area contributed by atoms with Crippen molar-refractivity contribution in [2.45, 2.75) is 6.92 Å². The van der Waals surface area contributed by atoms with Crippen molar-refractivity contribution in [3.05, 3.63) is 46.9 Å². The van der Waals surface area contributed by atoms with Crippen LogP contribution in [0, 0.1) is 6.92 Å². The van der Waals surface area contributed by atoms with Crippen LogP contribution in [0.15, 0.2) is 30.6 Å². The van der Waals surface area contributed by atoms with E-state index in [4.69, 9.17) is 17.3 Å². The molecule has 0 spiro atoms. The molecule has 92 valence electrons. The number of rotatable bonds is 2. The van der Waals surface area contributed by atoms with Gasteiger partial charge in [-0.05, 0) is 24.6 Å². The highest BCUT2D eigenvalue weighted by Gasteiger charge is 2.10. The number of halogens is 1. The van der Waals surface area contributed by atoms with Crippen molar-refractivity contribution in [1.29, 1.82) is 0 Å². The van der Waals surface area contributed by atoms with Gasteiger partial charge in [-0.15, -0.1) is 0 Å². The molecule has 1 aromatic heterocycles. The van der Waals surface area contributed by atoms with Gasteiger partial charge in [0.05, 0.1) is 23.1 Å². The number of anilines is 2. The maximum Gasteiger partial charge on any atom is 0.275 e. The van der Waals surface area contributed by atoms with E-state index in [0.29, 0.717) is 10.7 Å². The quantitative estimate of drug-likeness (QED) is 0.870. The highest BCUT2D eigenvalue weighted by Crippen LogP contribution is 2.23. The lowest BCUT2D eigenvalue weighted by Gasteiger charge is -2.07. The fourth-order valence-electron chi connectivity index (χ4n) is 1.38. The van der Waals surface area contributed by atoms with Gasteiger partial charge in [0.1, 0.15) is 11.5 Å². The number of amides is 1. The molecule has 3 N–H and O–H groups in total. The van der Waals surface area contributed by atoms with Gasteiger partial charge in [-0.3, -0.25) is 4.79 Å². The molecule has 2 aromatic rings. The van der Waals surface area contributed by atoms with Crippen LogP contribution in [0.1, 0.15) is 16.1 Å². The SMILES string of the molecule is Cc1ccc(Cl)c(NC(=O)c2cnc(N)cn2)c1. The van der Waals surface area contributed by atoms with E-state index in [1.807, 2.05) is 13.0 Å². The van der Waals surface area contributed by atoms with Gasteiger partial charge in [0.15, 0.2) is 0 Å². The van der Waals surface area contributed by atoms with Gasteiger partial charge >= 0.3 is 0 Å². The Kier molecular flexibility index (Phi) is 3.43. The van der Waals surface area contributed by atoms with Crippen LogP contribution in [-0.4, -0.2) is 15.9 Å². The zero-order valence-corrected chi connectivity index (χ0v) is 10.4. The predicted octanol–water partition coefficient (Wildman–Crippen LogP) is 2.27. The second kappa shape index (κ2) is 5.01. The van der Waals surface area contributed by atoms with Gasteiger partial charge in [0.2, 0.25) is 0 Å². The molecule has 0 fully saturated rings. The molecule has 1 amide bonds. The van der Waals surface area contributed by atoms with Crippen LogP contribution in [0.4, 0.5) is 11.5 Å². The number of nitrogen functional groups attached to an aromatic ring is 1. The number of aromatic nitrogens is 2. The van der Waals surface area contributed by atoms with Crippen molar-refractivity contribution in [2.75, 3.05) is 11.1 Å². The van der Waals surface area contributed by atoms with Crippen molar-refractivity contribution in [3.8, 4) is 0 Å². The Labute approximate surface area is 109 Å². The first-order chi connectivity index (χ1) is 8.56. The molecule has 18 heavy (non-hydrogen) atoms. The normalized spacial score (nSPS) is 10.1. The molecule has 1 aromatic carbocycles. The summed E-state index contributed by atoms with van der Waals surface area (Å²) in [5.41, 5.74) is 7.12. The van der Waals surface area contributed by atoms with Gasteiger partial charge in [-0.2, -0.15) is 0 Å². The molecule has 0 atom stereocenters. The lowest BCUT2D eigenvalue weighted by atomic mass is 10.2. The Balaban J connectivity index is 2.21. The summed E-state index contributed by atoms with van der Waals surface area (Å²) in [5, 5.41) is 3.14. The summed E-state index contributed by atoms with van der Waals surface area (Å²) in [6, 6.07) is 5.37. The molecule has 0 saturated heterocycles. The van der Waals surface area contributed by atoms with E-state index in [2.05, 4.69) is 15.3 Å². The monoisotopic (exact) mass is 262 g/mol. The lowest BCUT2D eigenvalue weighted by Crippen LogP contribution is -2.14. The Morgan fingerprint density at radius 1 is 1.33 bits per heavy atom. The van der Waals surface area contributed by atoms with Crippen molar-refractivity contribution < 1.29 is 4.79 Å². The summed E-state index contributed by atoms with van der Waals surface area (Å²) in [7, 11) is 0. The maximum atomic E-state index is 11.9. The second-order valence-corrected chi connectivity index (χ2v) is 4.17. The molecule has 2 rings (SSSR count). The molecule has 6 heteroatoms. The van der Waals surface area contributed by atoms with Gasteiger partial charge in [0.25, 0.3) is 5.91 Å². The minimum absolute atomic E-state index is 0.182. The third-order valence-corrected chi connectivity index (χ3v) is 2.60. The van der Waals surface area contributed by atoms with E-state index >= 15 is 0 Å². The fourth-order valence-corrected chi connectivity index (χ4v) is 1.54. The molecule has 0 bridgehead atoms. The summed E-state index contributed by atoms with van der Waals surface area (Å²) >= 11 is 5.98. The number of carbonyl (C=O) groups excluding carboxylic acids is 1. The Morgan fingerprint density at radius 3 is 2.78 bits per heavy atom. The van der Waals surface area contributed by atoms with Gasteiger partial charge < -0.3 is 11.1 Å². The maximum absolute atomic E-state index is 11.9. The summed E-state index contributed by atoms with van der Waals surface area (Å²) in [6.45, 7) is 1.91. The minimum Gasteiger partial charge on any atom is -0.382 e. The Morgan fingerprint density at radius 2 is 2.11 bits per heavy atom. The molecule has 0 saturated carbocycles. The Hall–Kier alpha value is -2.14. The van der Waals surface area contributed by atoms with E-state index in [-0.39, 0.29) is 17.4 Å². The highest BCUT2D eigenvalue weighted by atomic mass is 35.5. The molecule has 5 nitrogen and oxygen atoms in total. The molecule has 0 radical (unpaired) electrons. The molecule has 0 unspecified atom stereocenters. The lowest BCUT2D eigenvalue weighted by molar-refractivity contribution is 0.102. The van der Waals surface area contributed by atoms with E-state index < -0.39 is 0 Å². The number of benzene rings is 1. The summed E-state index contributed by atoms with van der Waals surface area (Å²) in [4.78, 5) is 19.6. The third-order valence-electron chi connectivity index (χ3n) is 2.27. The van der Waals surface area contributed by atoms with Crippen molar-refractivity contribution in [3.63, 3.8) is 0 Å². The number of hydrogen-bond acceptors (Lipinski definition) is 4. The molecular weight excluding hydrogens is 252 g/mol. The third kappa shape index (κ3) is 2.75.